The van der Waals surface area contributed by atoms with Gasteiger partial charge in [0.2, 0.25) is 0 Å². The lowest BCUT2D eigenvalue weighted by molar-refractivity contribution is -0.146. The molecule has 4 rings (SSSR count). The normalized spacial score (nSPS) is 11.1. The lowest BCUT2D eigenvalue weighted by Gasteiger charge is -2.12. The monoisotopic (exact) mass is 649 g/mol. The number of benzene rings is 3. The molecule has 0 amide bonds. The average Bonchev–Trinajstić information content (AvgIpc) is 3.07. The van der Waals surface area contributed by atoms with Gasteiger partial charge in [-0.15, -0.1) is 11.3 Å². The number of unbranched alkanes of at least 4 members (excludes halogenated alkanes) is 3. The van der Waals surface area contributed by atoms with Crippen molar-refractivity contribution < 1.29 is 33.3 Å². The van der Waals surface area contributed by atoms with Crippen LogP contribution >= 0.6 is 11.3 Å². The summed E-state index contributed by atoms with van der Waals surface area (Å²) < 4.78 is 29.3. The highest BCUT2D eigenvalue weighted by Gasteiger charge is 2.10. The van der Waals surface area contributed by atoms with E-state index in [1.165, 1.54) is 0 Å². The van der Waals surface area contributed by atoms with Gasteiger partial charge in [0, 0.05) is 66.4 Å². The topological polar surface area (TPSA) is 101 Å². The maximum Gasteiger partial charge on any atom is 0.344 e. The highest BCUT2D eigenvalue weighted by atomic mass is 32.1. The van der Waals surface area contributed by atoms with Crippen molar-refractivity contribution in [2.24, 2.45) is 0 Å². The molecule has 0 unspecified atom stereocenters. The van der Waals surface area contributed by atoms with Gasteiger partial charge in [0.05, 0.1) is 18.8 Å². The highest BCUT2D eigenvalue weighted by molar-refractivity contribution is 7.24. The second-order valence-electron chi connectivity index (χ2n) is 11.0. The highest BCUT2D eigenvalue weighted by Crippen LogP contribution is 2.27. The van der Waals surface area contributed by atoms with Crippen LogP contribution in [0.25, 0.3) is 20.2 Å². The van der Waals surface area contributed by atoms with Crippen molar-refractivity contribution in [1.29, 1.82) is 0 Å². The van der Waals surface area contributed by atoms with Gasteiger partial charge in [0.15, 0.2) is 12.0 Å². The molecule has 1 heterocycles. The Hall–Kier alpha value is -3.99. The third-order valence-electron chi connectivity index (χ3n) is 7.21. The van der Waals surface area contributed by atoms with E-state index in [1.54, 1.807) is 35.6 Å². The maximum atomic E-state index is 12.8. The molecule has 1 aromatic heterocycles. The van der Waals surface area contributed by atoms with Gasteiger partial charge in [-0.05, 0) is 93.1 Å². The van der Waals surface area contributed by atoms with Crippen molar-refractivity contribution >= 4 is 49.1 Å². The second-order valence-corrected chi connectivity index (χ2v) is 12.1. The van der Waals surface area contributed by atoms with Crippen LogP contribution in [0.15, 0.2) is 71.5 Å². The number of hydrogen-bond donors (Lipinski definition) is 0. The van der Waals surface area contributed by atoms with Crippen molar-refractivity contribution in [2.45, 2.75) is 38.5 Å². The lowest BCUT2D eigenvalue weighted by atomic mass is 10.2. The fraction of sp³-hybridized carbons (Fsp3) is 0.417. The first-order valence-corrected chi connectivity index (χ1v) is 16.6. The zero-order chi connectivity index (χ0) is 32.6. The minimum absolute atomic E-state index is 0.0419. The molecular weight excluding hydrogens is 606 g/mol. The van der Waals surface area contributed by atoms with Crippen LogP contribution in [0.5, 0.6) is 5.75 Å². The first-order valence-electron chi connectivity index (χ1n) is 15.8. The molecule has 0 saturated heterocycles. The summed E-state index contributed by atoms with van der Waals surface area (Å²) in [6.07, 6.45) is 4.93. The summed E-state index contributed by atoms with van der Waals surface area (Å²) in [5.74, 6) is -0.286. The number of nitrogens with zero attached hydrogens (tertiary/aromatic N) is 1. The summed E-state index contributed by atoms with van der Waals surface area (Å²) in [5.41, 5.74) is 1.55. The first-order chi connectivity index (χ1) is 22.4. The number of esters is 2. The summed E-state index contributed by atoms with van der Waals surface area (Å²) in [7, 11) is 3.91. The van der Waals surface area contributed by atoms with Crippen LogP contribution in [-0.4, -0.2) is 72.3 Å². The lowest BCUT2D eigenvalue weighted by Crippen LogP contribution is -2.16. The third kappa shape index (κ3) is 11.1. The number of anilines is 1. The molecule has 0 radical (unpaired) electrons. The van der Waals surface area contributed by atoms with E-state index in [0.29, 0.717) is 68.1 Å². The van der Waals surface area contributed by atoms with Crippen LogP contribution < -0.4 is 15.1 Å². The molecule has 0 fully saturated rings. The number of carbonyl (C=O) groups excluding carboxylic acids is 2. The van der Waals surface area contributed by atoms with Crippen molar-refractivity contribution in [3.05, 3.63) is 82.5 Å². The Kier molecular flexibility index (Phi) is 14.3. The van der Waals surface area contributed by atoms with Crippen LogP contribution in [-0.2, 0) is 23.7 Å². The molecule has 3 aromatic carbocycles. The van der Waals surface area contributed by atoms with Crippen molar-refractivity contribution in [1.82, 2.24) is 0 Å². The smallest absolute Gasteiger partial charge is 0.344 e. The number of fused-ring (bicyclic) bond motifs is 2. The largest absolute Gasteiger partial charge is 0.482 e. The van der Waals surface area contributed by atoms with Gasteiger partial charge in [-0.25, -0.2) is 9.59 Å². The number of rotatable bonds is 20. The minimum atomic E-state index is -0.448. The number of hydrogen-bond acceptors (Lipinski definition) is 10. The van der Waals surface area contributed by atoms with E-state index in [-0.39, 0.29) is 18.0 Å². The van der Waals surface area contributed by atoms with Gasteiger partial charge in [-0.3, -0.25) is 4.79 Å². The van der Waals surface area contributed by atoms with Gasteiger partial charge in [-0.1, -0.05) is 12.1 Å². The first kappa shape index (κ1) is 34.9. The molecule has 10 heteroatoms. The SMILES string of the molecule is CN(C)c1ccc(C(=O)OCCCCOCCCCOCCCCOC(=O)COc2ccc3sc4ccccc4c(=O)c3c2)cc1. The van der Waals surface area contributed by atoms with E-state index in [2.05, 4.69) is 0 Å². The molecule has 0 aliphatic carbocycles. The van der Waals surface area contributed by atoms with Crippen LogP contribution in [0.4, 0.5) is 5.69 Å². The van der Waals surface area contributed by atoms with Crippen LogP contribution in [0, 0.1) is 0 Å². The Labute approximate surface area is 274 Å². The standard InChI is InChI=1S/C36H43NO8S/c1-37(2)28-15-13-27(14-16-28)36(40)44-24-10-8-22-42-20-6-5-19-41-21-7-9-23-43-34(38)26-45-29-17-18-33-31(25-29)35(39)30-11-3-4-12-32(30)46-33/h3-4,11-18,25H,5-10,19-24,26H2,1-2H3. The molecule has 0 bridgehead atoms. The summed E-state index contributed by atoms with van der Waals surface area (Å²) >= 11 is 1.55. The van der Waals surface area contributed by atoms with E-state index in [4.69, 9.17) is 23.7 Å². The van der Waals surface area contributed by atoms with Crippen LogP contribution in [0.1, 0.15) is 48.9 Å². The molecule has 9 nitrogen and oxygen atoms in total. The fourth-order valence-electron chi connectivity index (χ4n) is 4.61. The van der Waals surface area contributed by atoms with Crippen molar-refractivity contribution in [3.8, 4) is 5.75 Å². The third-order valence-corrected chi connectivity index (χ3v) is 8.36. The van der Waals surface area contributed by atoms with Crippen LogP contribution in [0.3, 0.4) is 0 Å². The second kappa shape index (κ2) is 18.9. The van der Waals surface area contributed by atoms with Crippen molar-refractivity contribution in [2.75, 3.05) is 65.2 Å². The van der Waals surface area contributed by atoms with Gasteiger partial charge < -0.3 is 28.6 Å². The van der Waals surface area contributed by atoms with Gasteiger partial charge in [0.1, 0.15) is 5.75 Å². The Morgan fingerprint density at radius 3 is 1.91 bits per heavy atom. The maximum absolute atomic E-state index is 12.8. The predicted molar refractivity (Wildman–Crippen MR) is 182 cm³/mol. The summed E-state index contributed by atoms with van der Waals surface area (Å²) in [6, 6.07) is 20.2. The van der Waals surface area contributed by atoms with E-state index >= 15 is 0 Å². The zero-order valence-corrected chi connectivity index (χ0v) is 27.5. The number of ether oxygens (including phenoxy) is 5. The van der Waals surface area contributed by atoms with E-state index in [0.717, 1.165) is 47.2 Å². The molecule has 0 saturated carbocycles. The average molecular weight is 650 g/mol. The Morgan fingerprint density at radius 1 is 0.674 bits per heavy atom. The summed E-state index contributed by atoms with van der Waals surface area (Å²) in [4.78, 5) is 39.0. The quantitative estimate of drug-likeness (QED) is 0.0593. The van der Waals surface area contributed by atoms with Gasteiger partial charge in [0.25, 0.3) is 0 Å². The van der Waals surface area contributed by atoms with Gasteiger partial charge >= 0.3 is 11.9 Å². The number of carbonyl (C=O) groups is 2. The van der Waals surface area contributed by atoms with E-state index in [9.17, 15) is 14.4 Å². The van der Waals surface area contributed by atoms with Gasteiger partial charge in [-0.2, -0.15) is 0 Å². The molecular formula is C36H43NO8S. The Balaban J connectivity index is 0.936. The van der Waals surface area contributed by atoms with E-state index in [1.807, 2.05) is 61.5 Å². The molecule has 246 valence electrons. The molecule has 0 aliphatic rings. The molecule has 0 aliphatic heterocycles. The minimum Gasteiger partial charge on any atom is -0.482 e. The molecule has 0 spiro atoms. The van der Waals surface area contributed by atoms with Crippen molar-refractivity contribution in [3.63, 3.8) is 0 Å². The zero-order valence-electron chi connectivity index (χ0n) is 26.7. The van der Waals surface area contributed by atoms with E-state index < -0.39 is 5.97 Å². The molecule has 4 aromatic rings. The molecule has 0 N–H and O–H groups in total. The Bertz CT molecular complexity index is 1600. The fourth-order valence-corrected chi connectivity index (χ4v) is 5.66. The molecule has 0 atom stereocenters. The summed E-state index contributed by atoms with van der Waals surface area (Å²) in [5, 5.41) is 1.26. The predicted octanol–water partition coefficient (Wildman–Crippen LogP) is 6.63. The molecule has 46 heavy (non-hydrogen) atoms. The summed E-state index contributed by atoms with van der Waals surface area (Å²) in [6.45, 7) is 3.06. The Morgan fingerprint density at radius 2 is 1.26 bits per heavy atom. The van der Waals surface area contributed by atoms with Crippen LogP contribution in [0.2, 0.25) is 0 Å².